The van der Waals surface area contributed by atoms with Crippen molar-refractivity contribution in [1.29, 1.82) is 0 Å². The van der Waals surface area contributed by atoms with Gasteiger partial charge in [-0.25, -0.2) is 4.98 Å². The number of thiophene rings is 1. The number of H-pyrrole nitrogens is 1. The molecule has 0 aliphatic carbocycles. The molecule has 0 radical (unpaired) electrons. The Labute approximate surface area is 111 Å². The molecule has 0 bridgehead atoms. The molecule has 1 atom stereocenters. The van der Waals surface area contributed by atoms with Crippen molar-refractivity contribution in [3.63, 3.8) is 0 Å². The van der Waals surface area contributed by atoms with E-state index in [1.165, 1.54) is 5.56 Å². The molecule has 4 nitrogen and oxygen atoms in total. The number of hydrogen-bond acceptors (Lipinski definition) is 4. The van der Waals surface area contributed by atoms with E-state index in [1.807, 2.05) is 6.20 Å². The molecule has 0 aliphatic rings. The molecule has 98 valence electrons. The molecule has 2 aromatic rings. The number of imidazole rings is 1. The topological polar surface area (TPSA) is 52.1 Å². The Balaban J connectivity index is 2.06. The van der Waals surface area contributed by atoms with Crippen LogP contribution in [0.25, 0.3) is 0 Å². The third kappa shape index (κ3) is 3.41. The van der Waals surface area contributed by atoms with Crippen LogP contribution in [0.3, 0.4) is 0 Å². The predicted octanol–water partition coefficient (Wildman–Crippen LogP) is 2.24. The minimum Gasteiger partial charge on any atom is -0.395 e. The minimum absolute atomic E-state index is 0.188. The van der Waals surface area contributed by atoms with Crippen LogP contribution in [0.1, 0.15) is 24.6 Å². The molecule has 0 spiro atoms. The van der Waals surface area contributed by atoms with Crippen molar-refractivity contribution in [3.8, 4) is 0 Å². The second-order valence-corrected chi connectivity index (χ2v) is 5.14. The smallest absolute Gasteiger partial charge is 0.0922 e. The molecule has 0 saturated carbocycles. The van der Waals surface area contributed by atoms with Crippen LogP contribution in [0.2, 0.25) is 0 Å². The zero-order valence-electron chi connectivity index (χ0n) is 10.5. The zero-order chi connectivity index (χ0) is 12.8. The van der Waals surface area contributed by atoms with Crippen LogP contribution < -0.4 is 0 Å². The van der Waals surface area contributed by atoms with E-state index in [2.05, 4.69) is 38.6 Å². The van der Waals surface area contributed by atoms with Gasteiger partial charge in [0.05, 0.1) is 12.9 Å². The van der Waals surface area contributed by atoms with Crippen LogP contribution in [-0.2, 0) is 13.1 Å². The van der Waals surface area contributed by atoms with Crippen LogP contribution in [0.15, 0.2) is 29.4 Å². The third-order valence-electron chi connectivity index (χ3n) is 3.09. The van der Waals surface area contributed by atoms with Crippen molar-refractivity contribution >= 4 is 11.3 Å². The molecule has 18 heavy (non-hydrogen) atoms. The Morgan fingerprint density at radius 3 is 2.94 bits per heavy atom. The Morgan fingerprint density at radius 2 is 2.39 bits per heavy atom. The standard InChI is InChI=1S/C13H19N3OS/c1-2-13(8-17)16(6-11-3-4-18-9-11)7-12-5-14-10-15-12/h3-5,9-10,13,17H,2,6-8H2,1H3,(H,14,15)/t13-/m0/s1. The van der Waals surface area contributed by atoms with Crippen molar-refractivity contribution in [2.45, 2.75) is 32.5 Å². The molecule has 2 N–H and O–H groups in total. The van der Waals surface area contributed by atoms with Gasteiger partial charge in [0.25, 0.3) is 0 Å². The summed E-state index contributed by atoms with van der Waals surface area (Å²) < 4.78 is 0. The number of aromatic nitrogens is 2. The van der Waals surface area contributed by atoms with Crippen molar-refractivity contribution in [1.82, 2.24) is 14.9 Å². The molecule has 0 aliphatic heterocycles. The predicted molar refractivity (Wildman–Crippen MR) is 73.3 cm³/mol. The first kappa shape index (κ1) is 13.3. The van der Waals surface area contributed by atoms with E-state index in [0.717, 1.165) is 25.2 Å². The largest absolute Gasteiger partial charge is 0.395 e. The molecule has 0 fully saturated rings. The first-order chi connectivity index (χ1) is 8.83. The number of hydrogen-bond donors (Lipinski definition) is 2. The van der Waals surface area contributed by atoms with Crippen LogP contribution in [0.5, 0.6) is 0 Å². The van der Waals surface area contributed by atoms with E-state index in [-0.39, 0.29) is 12.6 Å². The maximum atomic E-state index is 9.49. The number of aliphatic hydroxyl groups excluding tert-OH is 1. The third-order valence-corrected chi connectivity index (χ3v) is 3.82. The highest BCUT2D eigenvalue weighted by Gasteiger charge is 2.17. The summed E-state index contributed by atoms with van der Waals surface area (Å²) in [6, 6.07) is 2.32. The highest BCUT2D eigenvalue weighted by atomic mass is 32.1. The van der Waals surface area contributed by atoms with E-state index in [4.69, 9.17) is 0 Å². The molecule has 2 heterocycles. The number of aromatic amines is 1. The maximum Gasteiger partial charge on any atom is 0.0922 e. The number of aliphatic hydroxyl groups is 1. The van der Waals surface area contributed by atoms with Crippen molar-refractivity contribution < 1.29 is 5.11 Å². The molecule has 0 aromatic carbocycles. The summed E-state index contributed by atoms with van der Waals surface area (Å²) >= 11 is 1.71. The van der Waals surface area contributed by atoms with Crippen LogP contribution in [0, 0.1) is 0 Å². The van der Waals surface area contributed by atoms with Gasteiger partial charge in [0.1, 0.15) is 0 Å². The lowest BCUT2D eigenvalue weighted by atomic mass is 10.1. The summed E-state index contributed by atoms with van der Waals surface area (Å²) in [5, 5.41) is 13.7. The van der Waals surface area contributed by atoms with Gasteiger partial charge in [0.2, 0.25) is 0 Å². The molecule has 0 saturated heterocycles. The second-order valence-electron chi connectivity index (χ2n) is 4.36. The van der Waals surface area contributed by atoms with E-state index in [1.54, 1.807) is 17.7 Å². The maximum absolute atomic E-state index is 9.49. The lowest BCUT2D eigenvalue weighted by molar-refractivity contribution is 0.106. The number of nitrogens with zero attached hydrogens (tertiary/aromatic N) is 2. The van der Waals surface area contributed by atoms with E-state index >= 15 is 0 Å². The zero-order valence-corrected chi connectivity index (χ0v) is 11.4. The monoisotopic (exact) mass is 265 g/mol. The fourth-order valence-electron chi connectivity index (χ4n) is 2.02. The van der Waals surface area contributed by atoms with Gasteiger partial charge < -0.3 is 10.1 Å². The summed E-state index contributed by atoms with van der Waals surface area (Å²) in [7, 11) is 0. The molecule has 0 amide bonds. The van der Waals surface area contributed by atoms with Gasteiger partial charge in [-0.05, 0) is 28.8 Å². The average Bonchev–Trinajstić information content (AvgIpc) is 3.03. The lowest BCUT2D eigenvalue weighted by Gasteiger charge is -2.29. The normalized spacial score (nSPS) is 13.1. The summed E-state index contributed by atoms with van der Waals surface area (Å²) in [6.45, 7) is 3.94. The Hall–Kier alpha value is -1.17. The summed E-state index contributed by atoms with van der Waals surface area (Å²) in [6.07, 6.45) is 4.47. The SMILES string of the molecule is CC[C@@H](CO)N(Cc1ccsc1)Cc1cnc[nH]1. The van der Waals surface area contributed by atoms with Gasteiger partial charge in [-0.3, -0.25) is 4.90 Å². The Kier molecular flexibility index (Phi) is 4.92. The molecule has 2 aromatic heterocycles. The fraction of sp³-hybridized carbons (Fsp3) is 0.462. The van der Waals surface area contributed by atoms with Gasteiger partial charge in [-0.2, -0.15) is 11.3 Å². The molecule has 2 rings (SSSR count). The van der Waals surface area contributed by atoms with Gasteiger partial charge in [-0.1, -0.05) is 6.92 Å². The van der Waals surface area contributed by atoms with Crippen LogP contribution in [-0.4, -0.2) is 32.6 Å². The molecular formula is C13H19N3OS. The van der Waals surface area contributed by atoms with Crippen molar-refractivity contribution in [3.05, 3.63) is 40.6 Å². The van der Waals surface area contributed by atoms with Gasteiger partial charge in [0, 0.05) is 31.0 Å². The average molecular weight is 265 g/mol. The number of nitrogens with one attached hydrogen (secondary N) is 1. The van der Waals surface area contributed by atoms with Crippen molar-refractivity contribution in [2.24, 2.45) is 0 Å². The minimum atomic E-state index is 0.188. The van der Waals surface area contributed by atoms with Gasteiger partial charge in [-0.15, -0.1) is 0 Å². The highest BCUT2D eigenvalue weighted by molar-refractivity contribution is 7.07. The molecular weight excluding hydrogens is 246 g/mol. The summed E-state index contributed by atoms with van der Waals surface area (Å²) in [5.74, 6) is 0. The lowest BCUT2D eigenvalue weighted by Crippen LogP contribution is -2.36. The second kappa shape index (κ2) is 6.68. The first-order valence-electron chi connectivity index (χ1n) is 6.16. The van der Waals surface area contributed by atoms with Gasteiger partial charge in [0.15, 0.2) is 0 Å². The van der Waals surface area contributed by atoms with E-state index < -0.39 is 0 Å². The first-order valence-corrected chi connectivity index (χ1v) is 7.11. The fourth-order valence-corrected chi connectivity index (χ4v) is 2.68. The van der Waals surface area contributed by atoms with Gasteiger partial charge >= 0.3 is 0 Å². The summed E-state index contributed by atoms with van der Waals surface area (Å²) in [4.78, 5) is 9.45. The number of rotatable bonds is 7. The quantitative estimate of drug-likeness (QED) is 0.807. The highest BCUT2D eigenvalue weighted by Crippen LogP contribution is 2.15. The van der Waals surface area contributed by atoms with Crippen LogP contribution in [0.4, 0.5) is 0 Å². The molecule has 5 heteroatoms. The van der Waals surface area contributed by atoms with Crippen molar-refractivity contribution in [2.75, 3.05) is 6.61 Å². The van der Waals surface area contributed by atoms with Crippen LogP contribution >= 0.6 is 11.3 Å². The Morgan fingerprint density at radius 1 is 1.50 bits per heavy atom. The molecule has 0 unspecified atom stereocenters. The Bertz CT molecular complexity index is 387. The van der Waals surface area contributed by atoms with E-state index in [0.29, 0.717) is 0 Å². The summed E-state index contributed by atoms with van der Waals surface area (Å²) in [5.41, 5.74) is 2.38. The van der Waals surface area contributed by atoms with E-state index in [9.17, 15) is 5.11 Å².